The summed E-state index contributed by atoms with van der Waals surface area (Å²) in [5.41, 5.74) is 0.957. The number of nitrogens with one attached hydrogen (secondary N) is 1. The van der Waals surface area contributed by atoms with Crippen molar-refractivity contribution in [3.05, 3.63) is 81.3 Å². The summed E-state index contributed by atoms with van der Waals surface area (Å²) in [4.78, 5) is 37.7. The second-order valence-electron chi connectivity index (χ2n) is 5.39. The fourth-order valence-corrected chi connectivity index (χ4v) is 2.27. The molecule has 10 nitrogen and oxygen atoms in total. The van der Waals surface area contributed by atoms with Crippen molar-refractivity contribution in [2.24, 2.45) is 0 Å². The van der Waals surface area contributed by atoms with Gasteiger partial charge >= 0.3 is 0 Å². The van der Waals surface area contributed by atoms with E-state index < -0.39 is 16.4 Å². The van der Waals surface area contributed by atoms with E-state index in [1.807, 2.05) is 24.3 Å². The Balaban J connectivity index is 1.60. The van der Waals surface area contributed by atoms with Crippen LogP contribution in [-0.2, 0) is 17.9 Å². The molecule has 3 aromatic rings. The second-order valence-corrected chi connectivity index (χ2v) is 5.39. The SMILES string of the molecule is O=C(Cn1cc([N+](=O)[O-])ccc1=O)NCc1ccc(-n2cncn2)cc1. The Labute approximate surface area is 146 Å². The number of nitrogens with zero attached hydrogens (tertiary/aromatic N) is 5. The van der Waals surface area contributed by atoms with Crippen LogP contribution in [0.1, 0.15) is 5.56 Å². The molecule has 1 N–H and O–H groups in total. The van der Waals surface area contributed by atoms with Crippen LogP contribution in [0.5, 0.6) is 0 Å². The van der Waals surface area contributed by atoms with Crippen molar-refractivity contribution in [3.63, 3.8) is 0 Å². The number of aromatic nitrogens is 4. The minimum Gasteiger partial charge on any atom is -0.350 e. The molecule has 2 aromatic heterocycles. The predicted molar refractivity (Wildman–Crippen MR) is 90.6 cm³/mol. The van der Waals surface area contributed by atoms with Crippen molar-refractivity contribution in [2.45, 2.75) is 13.1 Å². The zero-order chi connectivity index (χ0) is 18.5. The second kappa shape index (κ2) is 7.38. The van der Waals surface area contributed by atoms with Gasteiger partial charge in [-0.1, -0.05) is 12.1 Å². The summed E-state index contributed by atoms with van der Waals surface area (Å²) >= 11 is 0. The number of hydrogen-bond donors (Lipinski definition) is 1. The van der Waals surface area contributed by atoms with Crippen molar-refractivity contribution in [1.82, 2.24) is 24.6 Å². The molecule has 0 aliphatic heterocycles. The number of carbonyl (C=O) groups excluding carboxylic acids is 1. The molecule has 10 heteroatoms. The zero-order valence-electron chi connectivity index (χ0n) is 13.5. The summed E-state index contributed by atoms with van der Waals surface area (Å²) in [5.74, 6) is -0.423. The monoisotopic (exact) mass is 354 g/mol. The topological polar surface area (TPSA) is 125 Å². The van der Waals surface area contributed by atoms with Crippen LogP contribution in [0.25, 0.3) is 5.69 Å². The van der Waals surface area contributed by atoms with Crippen molar-refractivity contribution < 1.29 is 9.72 Å². The molecule has 0 bridgehead atoms. The van der Waals surface area contributed by atoms with E-state index in [-0.39, 0.29) is 18.8 Å². The third-order valence-corrected chi connectivity index (χ3v) is 3.60. The summed E-state index contributed by atoms with van der Waals surface area (Å²) in [5, 5.41) is 17.4. The van der Waals surface area contributed by atoms with Crippen LogP contribution in [0.3, 0.4) is 0 Å². The fourth-order valence-electron chi connectivity index (χ4n) is 2.27. The lowest BCUT2D eigenvalue weighted by Gasteiger charge is -2.08. The third-order valence-electron chi connectivity index (χ3n) is 3.60. The maximum atomic E-state index is 12.0. The third kappa shape index (κ3) is 3.98. The summed E-state index contributed by atoms with van der Waals surface area (Å²) in [6.07, 6.45) is 4.06. The Kier molecular flexibility index (Phi) is 4.83. The lowest BCUT2D eigenvalue weighted by molar-refractivity contribution is -0.385. The van der Waals surface area contributed by atoms with Gasteiger partial charge in [-0.2, -0.15) is 5.10 Å². The highest BCUT2D eigenvalue weighted by Crippen LogP contribution is 2.08. The van der Waals surface area contributed by atoms with Crippen LogP contribution in [0.15, 0.2) is 60.0 Å². The van der Waals surface area contributed by atoms with Crippen LogP contribution in [0, 0.1) is 10.1 Å². The van der Waals surface area contributed by atoms with E-state index >= 15 is 0 Å². The molecule has 0 unspecified atom stereocenters. The number of hydrogen-bond acceptors (Lipinski definition) is 6. The van der Waals surface area contributed by atoms with Gasteiger partial charge in [0.2, 0.25) is 5.91 Å². The molecule has 0 radical (unpaired) electrons. The van der Waals surface area contributed by atoms with Crippen LogP contribution in [0.2, 0.25) is 0 Å². The summed E-state index contributed by atoms with van der Waals surface area (Å²) in [6.45, 7) is -0.0301. The number of amides is 1. The molecule has 132 valence electrons. The molecule has 1 aromatic carbocycles. The number of benzene rings is 1. The van der Waals surface area contributed by atoms with E-state index in [9.17, 15) is 19.7 Å². The van der Waals surface area contributed by atoms with Crippen molar-refractivity contribution >= 4 is 11.6 Å². The van der Waals surface area contributed by atoms with Gasteiger partial charge in [0.25, 0.3) is 11.2 Å². The Bertz CT molecular complexity index is 979. The van der Waals surface area contributed by atoms with Crippen LogP contribution in [0.4, 0.5) is 5.69 Å². The zero-order valence-corrected chi connectivity index (χ0v) is 13.5. The number of pyridine rings is 1. The van der Waals surface area contributed by atoms with Gasteiger partial charge in [-0.25, -0.2) is 9.67 Å². The number of rotatable bonds is 6. The van der Waals surface area contributed by atoms with Crippen LogP contribution in [-0.4, -0.2) is 30.2 Å². The van der Waals surface area contributed by atoms with Crippen LogP contribution >= 0.6 is 0 Å². The summed E-state index contributed by atoms with van der Waals surface area (Å²) < 4.78 is 2.61. The Morgan fingerprint density at radius 2 is 1.96 bits per heavy atom. The van der Waals surface area contributed by atoms with Gasteiger partial charge < -0.3 is 5.32 Å². The highest BCUT2D eigenvalue weighted by atomic mass is 16.6. The van der Waals surface area contributed by atoms with Crippen molar-refractivity contribution in [2.75, 3.05) is 0 Å². The molecule has 0 aliphatic carbocycles. The van der Waals surface area contributed by atoms with E-state index in [2.05, 4.69) is 15.4 Å². The Morgan fingerprint density at radius 1 is 1.19 bits per heavy atom. The first kappa shape index (κ1) is 17.0. The first-order valence-corrected chi connectivity index (χ1v) is 7.58. The van der Waals surface area contributed by atoms with Gasteiger partial charge in [0, 0.05) is 18.7 Å². The van der Waals surface area contributed by atoms with E-state index in [1.54, 1.807) is 11.0 Å². The molecule has 1 amide bonds. The van der Waals surface area contributed by atoms with Crippen LogP contribution < -0.4 is 10.9 Å². The smallest absolute Gasteiger partial charge is 0.285 e. The molecular weight excluding hydrogens is 340 g/mol. The van der Waals surface area contributed by atoms with Crippen molar-refractivity contribution in [3.8, 4) is 5.69 Å². The molecule has 0 fully saturated rings. The molecule has 0 saturated carbocycles. The molecule has 2 heterocycles. The predicted octanol–water partition coefficient (Wildman–Crippen LogP) is 0.654. The van der Waals surface area contributed by atoms with E-state index in [4.69, 9.17) is 0 Å². The fraction of sp³-hybridized carbons (Fsp3) is 0.125. The highest BCUT2D eigenvalue weighted by molar-refractivity contribution is 5.75. The van der Waals surface area contributed by atoms with E-state index in [0.29, 0.717) is 0 Å². The standard InChI is InChI=1S/C16H14N6O4/c23-15(9-20-8-14(22(25)26)5-6-16(20)24)18-7-12-1-3-13(4-2-12)21-11-17-10-19-21/h1-6,8,10-11H,7,9H2,(H,18,23). The normalized spacial score (nSPS) is 10.5. The highest BCUT2D eigenvalue weighted by Gasteiger charge is 2.10. The van der Waals surface area contributed by atoms with Gasteiger partial charge in [-0.3, -0.25) is 24.3 Å². The average Bonchev–Trinajstić information content (AvgIpc) is 3.17. The van der Waals surface area contributed by atoms with Crippen molar-refractivity contribution in [1.29, 1.82) is 0 Å². The lowest BCUT2D eigenvalue weighted by Crippen LogP contribution is -2.31. The lowest BCUT2D eigenvalue weighted by atomic mass is 10.2. The van der Waals surface area contributed by atoms with Gasteiger partial charge in [0.05, 0.1) is 16.8 Å². The molecule has 3 rings (SSSR count). The number of carbonyl (C=O) groups is 1. The van der Waals surface area contributed by atoms with E-state index in [1.165, 1.54) is 6.33 Å². The van der Waals surface area contributed by atoms with Gasteiger partial charge in [-0.05, 0) is 17.7 Å². The molecule has 0 atom stereocenters. The molecule has 0 spiro atoms. The number of nitro groups is 1. The van der Waals surface area contributed by atoms with Gasteiger partial charge in [-0.15, -0.1) is 0 Å². The first-order chi connectivity index (χ1) is 12.5. The first-order valence-electron chi connectivity index (χ1n) is 7.58. The maximum Gasteiger partial charge on any atom is 0.285 e. The van der Waals surface area contributed by atoms with Gasteiger partial charge in [0.15, 0.2) is 0 Å². The Hall–Kier alpha value is -3.82. The summed E-state index contributed by atoms with van der Waals surface area (Å²) in [7, 11) is 0. The average molecular weight is 354 g/mol. The minimum absolute atomic E-state index is 0.249. The molecule has 0 aliphatic rings. The minimum atomic E-state index is -0.621. The van der Waals surface area contributed by atoms with Gasteiger partial charge in [0.1, 0.15) is 19.2 Å². The quantitative estimate of drug-likeness (QED) is 0.512. The maximum absolute atomic E-state index is 12.0. The summed E-state index contributed by atoms with van der Waals surface area (Å²) in [6, 6.07) is 9.50. The molecular formula is C16H14N6O4. The molecule has 0 saturated heterocycles. The van der Waals surface area contributed by atoms with E-state index in [0.717, 1.165) is 34.1 Å². The Morgan fingerprint density at radius 3 is 2.62 bits per heavy atom. The molecule has 26 heavy (non-hydrogen) atoms. The largest absolute Gasteiger partial charge is 0.350 e.